The molecular formula is C13H19N3O3S2. The van der Waals surface area contributed by atoms with E-state index in [9.17, 15) is 13.2 Å². The van der Waals surface area contributed by atoms with Gasteiger partial charge in [0.05, 0.1) is 29.1 Å². The number of anilines is 1. The van der Waals surface area contributed by atoms with Gasteiger partial charge in [-0.2, -0.15) is 0 Å². The second-order valence-electron chi connectivity index (χ2n) is 4.94. The van der Waals surface area contributed by atoms with E-state index in [-0.39, 0.29) is 29.2 Å². The quantitative estimate of drug-likeness (QED) is 0.803. The van der Waals surface area contributed by atoms with Gasteiger partial charge in [-0.05, 0) is 19.4 Å². The number of nitrogen functional groups attached to an aromatic ring is 1. The van der Waals surface area contributed by atoms with Crippen molar-refractivity contribution < 1.29 is 13.2 Å². The van der Waals surface area contributed by atoms with E-state index < -0.39 is 9.84 Å². The smallest absolute Gasteiger partial charge is 0.233 e. The van der Waals surface area contributed by atoms with Gasteiger partial charge in [-0.3, -0.25) is 9.78 Å². The van der Waals surface area contributed by atoms with Gasteiger partial charge in [-0.1, -0.05) is 0 Å². The van der Waals surface area contributed by atoms with Crippen molar-refractivity contribution in [1.82, 2.24) is 9.88 Å². The zero-order chi connectivity index (χ0) is 15.5. The molecule has 2 rings (SSSR count). The first-order valence-corrected chi connectivity index (χ1v) is 9.56. The van der Waals surface area contributed by atoms with E-state index in [0.717, 1.165) is 4.90 Å². The van der Waals surface area contributed by atoms with Gasteiger partial charge in [0.1, 0.15) is 0 Å². The fourth-order valence-electron chi connectivity index (χ4n) is 2.41. The summed E-state index contributed by atoms with van der Waals surface area (Å²) in [7, 11) is -2.99. The van der Waals surface area contributed by atoms with E-state index in [0.29, 0.717) is 18.7 Å². The summed E-state index contributed by atoms with van der Waals surface area (Å²) in [6, 6.07) is 1.58. The first-order chi connectivity index (χ1) is 9.93. The molecule has 0 radical (unpaired) electrons. The van der Waals surface area contributed by atoms with Crippen LogP contribution in [0.15, 0.2) is 23.4 Å². The molecule has 2 N–H and O–H groups in total. The van der Waals surface area contributed by atoms with Crippen LogP contribution >= 0.6 is 11.8 Å². The maximum absolute atomic E-state index is 12.3. The van der Waals surface area contributed by atoms with Crippen molar-refractivity contribution in [2.75, 3.05) is 29.5 Å². The van der Waals surface area contributed by atoms with Crippen LogP contribution in [-0.4, -0.2) is 54.1 Å². The molecule has 0 saturated carbocycles. The van der Waals surface area contributed by atoms with Gasteiger partial charge in [0, 0.05) is 23.7 Å². The number of hydrogen-bond donors (Lipinski definition) is 1. The average molecular weight is 329 g/mol. The molecule has 0 aliphatic carbocycles. The van der Waals surface area contributed by atoms with E-state index in [1.807, 2.05) is 6.92 Å². The van der Waals surface area contributed by atoms with Crippen molar-refractivity contribution in [3.05, 3.63) is 18.5 Å². The molecule has 1 aliphatic heterocycles. The normalized spacial score (nSPS) is 20.3. The molecule has 1 fully saturated rings. The van der Waals surface area contributed by atoms with Crippen LogP contribution in [0.4, 0.5) is 5.69 Å². The minimum absolute atomic E-state index is 0.0548. The average Bonchev–Trinajstić information content (AvgIpc) is 2.79. The molecule has 0 spiro atoms. The number of sulfone groups is 1. The van der Waals surface area contributed by atoms with Crippen LogP contribution in [0.5, 0.6) is 0 Å². The van der Waals surface area contributed by atoms with Gasteiger partial charge in [-0.25, -0.2) is 8.42 Å². The zero-order valence-electron chi connectivity index (χ0n) is 11.9. The van der Waals surface area contributed by atoms with E-state index in [1.54, 1.807) is 23.4 Å². The monoisotopic (exact) mass is 329 g/mol. The van der Waals surface area contributed by atoms with Crippen molar-refractivity contribution in [3.8, 4) is 0 Å². The fraction of sp³-hybridized carbons (Fsp3) is 0.538. The number of nitrogens with two attached hydrogens (primary N) is 1. The Hall–Kier alpha value is -1.28. The largest absolute Gasteiger partial charge is 0.397 e. The Balaban J connectivity index is 1.97. The Morgan fingerprint density at radius 2 is 2.33 bits per heavy atom. The van der Waals surface area contributed by atoms with Gasteiger partial charge >= 0.3 is 0 Å². The molecule has 1 saturated heterocycles. The molecule has 0 bridgehead atoms. The molecule has 6 nitrogen and oxygen atoms in total. The Morgan fingerprint density at radius 3 is 2.90 bits per heavy atom. The van der Waals surface area contributed by atoms with Gasteiger partial charge in [0.25, 0.3) is 0 Å². The molecule has 21 heavy (non-hydrogen) atoms. The topological polar surface area (TPSA) is 93.4 Å². The first kappa shape index (κ1) is 16.1. The third kappa shape index (κ3) is 4.10. The molecule has 116 valence electrons. The molecule has 1 aromatic heterocycles. The second kappa shape index (κ2) is 6.65. The summed E-state index contributed by atoms with van der Waals surface area (Å²) in [6.45, 7) is 2.39. The summed E-state index contributed by atoms with van der Waals surface area (Å²) < 4.78 is 23.1. The Bertz CT molecular complexity index is 619. The lowest BCUT2D eigenvalue weighted by Crippen LogP contribution is -2.41. The van der Waals surface area contributed by atoms with Crippen LogP contribution in [0.25, 0.3) is 0 Å². The lowest BCUT2D eigenvalue weighted by Gasteiger charge is -2.26. The number of nitrogens with zero attached hydrogens (tertiary/aromatic N) is 2. The van der Waals surface area contributed by atoms with Gasteiger partial charge < -0.3 is 10.6 Å². The van der Waals surface area contributed by atoms with Gasteiger partial charge in [0.2, 0.25) is 5.91 Å². The van der Waals surface area contributed by atoms with Crippen LogP contribution in [0, 0.1) is 0 Å². The van der Waals surface area contributed by atoms with Crippen molar-refractivity contribution in [2.45, 2.75) is 24.3 Å². The van der Waals surface area contributed by atoms with E-state index in [4.69, 9.17) is 5.73 Å². The molecule has 1 aliphatic rings. The van der Waals surface area contributed by atoms with E-state index in [2.05, 4.69) is 4.98 Å². The molecule has 1 atom stereocenters. The minimum atomic E-state index is -2.99. The summed E-state index contributed by atoms with van der Waals surface area (Å²) in [4.78, 5) is 18.7. The van der Waals surface area contributed by atoms with Crippen molar-refractivity contribution in [3.63, 3.8) is 0 Å². The van der Waals surface area contributed by atoms with Crippen LogP contribution in [0.2, 0.25) is 0 Å². The summed E-state index contributed by atoms with van der Waals surface area (Å²) in [5, 5.41) is 0. The van der Waals surface area contributed by atoms with Gasteiger partial charge in [0.15, 0.2) is 9.84 Å². The number of aromatic nitrogens is 1. The number of carbonyl (C=O) groups is 1. The number of pyridine rings is 1. The highest BCUT2D eigenvalue weighted by Gasteiger charge is 2.33. The van der Waals surface area contributed by atoms with Gasteiger partial charge in [-0.15, -0.1) is 11.8 Å². The molecule has 0 aromatic carbocycles. The number of amides is 1. The fourth-order valence-corrected chi connectivity index (χ4v) is 4.96. The standard InChI is InChI=1S/C13H19N3O3S2/c1-2-16(10-4-6-21(18,19)9-10)13(17)8-20-12-3-5-15-7-11(12)14/h3,5,7,10H,2,4,6,8-9,14H2,1H3. The summed E-state index contributed by atoms with van der Waals surface area (Å²) >= 11 is 1.35. The molecule has 8 heteroatoms. The number of rotatable bonds is 5. The minimum Gasteiger partial charge on any atom is -0.397 e. The van der Waals surface area contributed by atoms with Crippen LogP contribution < -0.4 is 5.73 Å². The molecule has 1 unspecified atom stereocenters. The van der Waals surface area contributed by atoms with Crippen molar-refractivity contribution in [2.24, 2.45) is 0 Å². The molecule has 1 aromatic rings. The highest BCUT2D eigenvalue weighted by atomic mass is 32.2. The van der Waals surface area contributed by atoms with Crippen molar-refractivity contribution in [1.29, 1.82) is 0 Å². The van der Waals surface area contributed by atoms with Crippen LogP contribution in [0.1, 0.15) is 13.3 Å². The summed E-state index contributed by atoms with van der Waals surface area (Å²) in [5.74, 6) is 0.444. The molecular weight excluding hydrogens is 310 g/mol. The molecule has 2 heterocycles. The second-order valence-corrected chi connectivity index (χ2v) is 8.18. The zero-order valence-corrected chi connectivity index (χ0v) is 13.5. The highest BCUT2D eigenvalue weighted by molar-refractivity contribution is 8.00. The molecule has 1 amide bonds. The maximum Gasteiger partial charge on any atom is 0.233 e. The number of carbonyl (C=O) groups excluding carboxylic acids is 1. The van der Waals surface area contributed by atoms with Crippen LogP contribution in [0.3, 0.4) is 0 Å². The predicted molar refractivity (Wildman–Crippen MR) is 83.8 cm³/mol. The lowest BCUT2D eigenvalue weighted by atomic mass is 10.2. The van der Waals surface area contributed by atoms with E-state index >= 15 is 0 Å². The Labute approximate surface area is 129 Å². The third-order valence-corrected chi connectivity index (χ3v) is 6.30. The van der Waals surface area contributed by atoms with Crippen LogP contribution in [-0.2, 0) is 14.6 Å². The Kier molecular flexibility index (Phi) is 5.10. The third-order valence-electron chi connectivity index (χ3n) is 3.47. The maximum atomic E-state index is 12.3. The highest BCUT2D eigenvalue weighted by Crippen LogP contribution is 2.25. The first-order valence-electron chi connectivity index (χ1n) is 6.75. The summed E-state index contributed by atoms with van der Waals surface area (Å²) in [5.41, 5.74) is 6.33. The van der Waals surface area contributed by atoms with E-state index in [1.165, 1.54) is 11.8 Å². The number of thioether (sulfide) groups is 1. The predicted octanol–water partition coefficient (Wildman–Crippen LogP) is 0.791. The Morgan fingerprint density at radius 1 is 1.57 bits per heavy atom. The summed E-state index contributed by atoms with van der Waals surface area (Å²) in [6.07, 6.45) is 3.71. The SMILES string of the molecule is CCN(C(=O)CSc1ccncc1N)C1CCS(=O)(=O)C1. The number of hydrogen-bond acceptors (Lipinski definition) is 6. The van der Waals surface area contributed by atoms with Crippen molar-refractivity contribution >= 4 is 33.2 Å². The lowest BCUT2D eigenvalue weighted by molar-refractivity contribution is -0.129.